The van der Waals surface area contributed by atoms with Crippen molar-refractivity contribution >= 4 is 0 Å². The first-order valence-electron chi connectivity index (χ1n) is 7.05. The van der Waals surface area contributed by atoms with Crippen LogP contribution in [0.15, 0.2) is 0 Å². The van der Waals surface area contributed by atoms with Gasteiger partial charge < -0.3 is 29.9 Å². The molecule has 6 heteroatoms. The second kappa shape index (κ2) is 5.51. The van der Waals surface area contributed by atoms with E-state index in [-0.39, 0.29) is 0 Å². The Labute approximate surface area is 120 Å². The number of hydrogen-bond acceptors (Lipinski definition) is 6. The highest BCUT2D eigenvalue weighted by Crippen LogP contribution is 2.49. The third-order valence-corrected chi connectivity index (χ3v) is 4.86. The number of ether oxygens (including phenoxy) is 2. The van der Waals surface area contributed by atoms with Crippen molar-refractivity contribution in [3.05, 3.63) is 0 Å². The summed E-state index contributed by atoms with van der Waals surface area (Å²) >= 11 is 0. The Kier molecular flexibility index (Phi) is 4.91. The molecule has 6 nitrogen and oxygen atoms in total. The Hall–Kier alpha value is -0.240. The van der Waals surface area contributed by atoms with Gasteiger partial charge in [0.2, 0.25) is 0 Å². The van der Waals surface area contributed by atoms with E-state index in [0.29, 0.717) is 6.61 Å². The maximum Gasteiger partial charge on any atom is 0.189 e. The Morgan fingerprint density at radius 1 is 1.05 bits per heavy atom. The number of hydrogen-bond donors (Lipinski definition) is 4. The molecule has 1 saturated heterocycles. The predicted octanol–water partition coefficient (Wildman–Crippen LogP) is 0.163. The Morgan fingerprint density at radius 2 is 1.60 bits per heavy atom. The van der Waals surface area contributed by atoms with Crippen molar-refractivity contribution < 1.29 is 29.9 Å². The topological polar surface area (TPSA) is 99.4 Å². The van der Waals surface area contributed by atoms with Crippen LogP contribution < -0.4 is 0 Å². The molecule has 1 rings (SSSR count). The summed E-state index contributed by atoms with van der Waals surface area (Å²) in [7, 11) is 0. The van der Waals surface area contributed by atoms with E-state index in [0.717, 1.165) is 12.8 Å². The van der Waals surface area contributed by atoms with Crippen LogP contribution in [0.5, 0.6) is 0 Å². The zero-order chi connectivity index (χ0) is 15.8. The van der Waals surface area contributed by atoms with E-state index in [4.69, 9.17) is 9.47 Å². The fourth-order valence-electron chi connectivity index (χ4n) is 2.43. The van der Waals surface area contributed by atoms with Gasteiger partial charge in [0.05, 0.1) is 6.61 Å². The first kappa shape index (κ1) is 17.8. The highest BCUT2D eigenvalue weighted by molar-refractivity contribution is 5.18. The average Bonchev–Trinajstić information content (AvgIpc) is 2.35. The third kappa shape index (κ3) is 2.38. The van der Waals surface area contributed by atoms with Crippen LogP contribution in [0.25, 0.3) is 0 Å². The molecule has 20 heavy (non-hydrogen) atoms. The maximum absolute atomic E-state index is 10.7. The van der Waals surface area contributed by atoms with Crippen LogP contribution in [-0.4, -0.2) is 62.3 Å². The van der Waals surface area contributed by atoms with Crippen LogP contribution in [-0.2, 0) is 9.47 Å². The minimum atomic E-state index is -1.92. The molecule has 0 spiro atoms. The Bertz CT molecular complexity index is 339. The molecule has 0 bridgehead atoms. The summed E-state index contributed by atoms with van der Waals surface area (Å²) in [5.74, 6) is 0. The van der Waals surface area contributed by atoms with Gasteiger partial charge in [0, 0.05) is 6.61 Å². The predicted molar refractivity (Wildman–Crippen MR) is 73.1 cm³/mol. The molecule has 0 aromatic carbocycles. The van der Waals surface area contributed by atoms with Crippen molar-refractivity contribution in [2.45, 2.75) is 76.2 Å². The molecule has 0 aromatic heterocycles. The molecule has 1 fully saturated rings. The standard InChI is InChI=1S/C14H28O6/c1-6-7-8-19-10-12(3,16)14(5,18)13(4,17)11(2,9-15)20-10/h10,15-18H,6-9H2,1-5H3/t10-,11?,12+,13+,14?/m1/s1. The maximum atomic E-state index is 10.7. The minimum absolute atomic E-state index is 0.358. The van der Waals surface area contributed by atoms with Crippen LogP contribution in [0.3, 0.4) is 0 Å². The second-order valence-corrected chi connectivity index (χ2v) is 6.36. The smallest absolute Gasteiger partial charge is 0.189 e. The lowest BCUT2D eigenvalue weighted by Crippen LogP contribution is -2.81. The van der Waals surface area contributed by atoms with Gasteiger partial charge in [-0.25, -0.2) is 0 Å². The van der Waals surface area contributed by atoms with Crippen molar-refractivity contribution in [2.24, 2.45) is 0 Å². The molecule has 4 N–H and O–H groups in total. The molecule has 0 radical (unpaired) electrons. The fraction of sp³-hybridized carbons (Fsp3) is 1.00. The zero-order valence-electron chi connectivity index (χ0n) is 13.0. The molecule has 1 heterocycles. The first-order chi connectivity index (χ1) is 8.98. The summed E-state index contributed by atoms with van der Waals surface area (Å²) in [6.07, 6.45) is 0.561. The molecule has 0 saturated carbocycles. The summed E-state index contributed by atoms with van der Waals surface area (Å²) in [5, 5.41) is 41.4. The molecule has 0 aromatic rings. The first-order valence-corrected chi connectivity index (χ1v) is 7.05. The van der Waals surface area contributed by atoms with E-state index >= 15 is 0 Å². The lowest BCUT2D eigenvalue weighted by atomic mass is 9.63. The SMILES string of the molecule is CCCCO[C@@H]1OC(C)(CO)[C@](C)(O)C(C)(O)[C@@]1(C)O. The van der Waals surface area contributed by atoms with Gasteiger partial charge in [0.15, 0.2) is 6.29 Å². The summed E-state index contributed by atoms with van der Waals surface area (Å²) in [6, 6.07) is 0. The van der Waals surface area contributed by atoms with Gasteiger partial charge >= 0.3 is 0 Å². The van der Waals surface area contributed by atoms with Crippen LogP contribution in [0.2, 0.25) is 0 Å². The van der Waals surface area contributed by atoms with E-state index in [1.807, 2.05) is 6.92 Å². The minimum Gasteiger partial charge on any atom is -0.393 e. The summed E-state index contributed by atoms with van der Waals surface area (Å²) < 4.78 is 11.1. The van der Waals surface area contributed by atoms with Gasteiger partial charge in [-0.15, -0.1) is 0 Å². The van der Waals surface area contributed by atoms with E-state index in [1.165, 1.54) is 27.7 Å². The van der Waals surface area contributed by atoms with E-state index in [2.05, 4.69) is 0 Å². The highest BCUT2D eigenvalue weighted by Gasteiger charge is 2.70. The number of aliphatic hydroxyl groups is 4. The molecule has 5 atom stereocenters. The van der Waals surface area contributed by atoms with Gasteiger partial charge in [0.1, 0.15) is 22.4 Å². The van der Waals surface area contributed by atoms with Crippen molar-refractivity contribution in [1.82, 2.24) is 0 Å². The molecule has 1 aliphatic heterocycles. The van der Waals surface area contributed by atoms with Crippen molar-refractivity contribution in [1.29, 1.82) is 0 Å². The van der Waals surface area contributed by atoms with Gasteiger partial charge in [0.25, 0.3) is 0 Å². The molecular formula is C14H28O6. The monoisotopic (exact) mass is 292 g/mol. The number of unbranched alkanes of at least 4 members (excludes halogenated alkanes) is 1. The van der Waals surface area contributed by atoms with Gasteiger partial charge in [-0.2, -0.15) is 0 Å². The van der Waals surface area contributed by atoms with E-state index in [1.54, 1.807) is 0 Å². The summed E-state index contributed by atoms with van der Waals surface area (Å²) in [4.78, 5) is 0. The van der Waals surface area contributed by atoms with Gasteiger partial charge in [-0.3, -0.25) is 0 Å². The summed E-state index contributed by atoms with van der Waals surface area (Å²) in [6.45, 7) is 7.33. The number of rotatable bonds is 5. The van der Waals surface area contributed by atoms with Gasteiger partial charge in [-0.1, -0.05) is 13.3 Å². The molecule has 0 aliphatic carbocycles. The third-order valence-electron chi connectivity index (χ3n) is 4.86. The molecule has 2 unspecified atom stereocenters. The molecule has 1 aliphatic rings. The van der Waals surface area contributed by atoms with Crippen molar-refractivity contribution in [2.75, 3.05) is 13.2 Å². The lowest BCUT2D eigenvalue weighted by molar-refractivity contribution is -0.417. The van der Waals surface area contributed by atoms with E-state index < -0.39 is 35.3 Å². The number of aliphatic hydroxyl groups excluding tert-OH is 1. The van der Waals surface area contributed by atoms with Crippen LogP contribution >= 0.6 is 0 Å². The van der Waals surface area contributed by atoms with Gasteiger partial charge in [-0.05, 0) is 34.1 Å². The Balaban J connectivity index is 3.11. The lowest BCUT2D eigenvalue weighted by Gasteiger charge is -2.61. The normalized spacial score (nSPS) is 49.4. The van der Waals surface area contributed by atoms with Crippen LogP contribution in [0.4, 0.5) is 0 Å². The largest absolute Gasteiger partial charge is 0.393 e. The molecule has 120 valence electrons. The second-order valence-electron chi connectivity index (χ2n) is 6.36. The molecular weight excluding hydrogens is 264 g/mol. The molecule has 0 amide bonds. The zero-order valence-corrected chi connectivity index (χ0v) is 13.0. The average molecular weight is 292 g/mol. The Morgan fingerprint density at radius 3 is 2.05 bits per heavy atom. The van der Waals surface area contributed by atoms with Crippen molar-refractivity contribution in [3.63, 3.8) is 0 Å². The van der Waals surface area contributed by atoms with Crippen LogP contribution in [0, 0.1) is 0 Å². The van der Waals surface area contributed by atoms with E-state index in [9.17, 15) is 20.4 Å². The summed E-state index contributed by atoms with van der Waals surface area (Å²) in [5.41, 5.74) is -7.05. The van der Waals surface area contributed by atoms with Crippen molar-refractivity contribution in [3.8, 4) is 0 Å². The fourth-order valence-corrected chi connectivity index (χ4v) is 2.43. The quantitative estimate of drug-likeness (QED) is 0.539. The highest BCUT2D eigenvalue weighted by atomic mass is 16.7. The van der Waals surface area contributed by atoms with Crippen LogP contribution in [0.1, 0.15) is 47.5 Å².